The molecular formula is C6H12O12S2. The maximum Gasteiger partial charge on any atom is 0.397 e. The average molecular weight is 340 g/mol. The van der Waals surface area contributed by atoms with Gasteiger partial charge in [0.1, 0.15) is 24.4 Å². The molecule has 5 N–H and O–H groups in total. The van der Waals surface area contributed by atoms with Crippen molar-refractivity contribution in [2.75, 3.05) is 6.61 Å². The van der Waals surface area contributed by atoms with Gasteiger partial charge < -0.3 is 20.1 Å². The van der Waals surface area contributed by atoms with Crippen LogP contribution in [0.3, 0.4) is 0 Å². The predicted octanol–water partition coefficient (Wildman–Crippen LogP) is -3.57. The minimum atomic E-state index is -5.07. The van der Waals surface area contributed by atoms with Crippen molar-refractivity contribution in [1.82, 2.24) is 0 Å². The third-order valence-electron chi connectivity index (χ3n) is 2.27. The molecule has 0 unspecified atom stereocenters. The maximum atomic E-state index is 10.5. The second-order valence-corrected chi connectivity index (χ2v) is 5.89. The van der Waals surface area contributed by atoms with Gasteiger partial charge in [0.25, 0.3) is 0 Å². The van der Waals surface area contributed by atoms with Crippen LogP contribution in [0.1, 0.15) is 0 Å². The van der Waals surface area contributed by atoms with Crippen LogP contribution in [0, 0.1) is 0 Å². The lowest BCUT2D eigenvalue weighted by Gasteiger charge is -2.39. The van der Waals surface area contributed by atoms with Gasteiger partial charge in [-0.1, -0.05) is 0 Å². The summed E-state index contributed by atoms with van der Waals surface area (Å²) in [7, 11) is -9.95. The molecule has 12 nitrogen and oxygen atoms in total. The summed E-state index contributed by atoms with van der Waals surface area (Å²) < 4.78 is 71.0. The Morgan fingerprint density at radius 2 is 1.50 bits per heavy atom. The predicted molar refractivity (Wildman–Crippen MR) is 56.8 cm³/mol. The van der Waals surface area contributed by atoms with Crippen LogP contribution in [-0.4, -0.2) is 78.6 Å². The second kappa shape index (κ2) is 6.14. The molecule has 0 spiro atoms. The van der Waals surface area contributed by atoms with Crippen LogP contribution in [0.15, 0.2) is 0 Å². The highest BCUT2D eigenvalue weighted by Crippen LogP contribution is 2.24. The zero-order valence-electron chi connectivity index (χ0n) is 9.50. The minimum Gasteiger partial charge on any atom is -0.387 e. The van der Waals surface area contributed by atoms with E-state index in [2.05, 4.69) is 13.1 Å². The Hall–Kier alpha value is -0.420. The molecule has 0 bridgehead atoms. The van der Waals surface area contributed by atoms with E-state index in [1.165, 1.54) is 0 Å². The average Bonchev–Trinajstić information content (AvgIpc) is 2.25. The topological polar surface area (TPSA) is 197 Å². The van der Waals surface area contributed by atoms with E-state index in [9.17, 15) is 32.2 Å². The highest BCUT2D eigenvalue weighted by molar-refractivity contribution is 7.81. The Balaban J connectivity index is 2.84. The summed E-state index contributed by atoms with van der Waals surface area (Å²) in [6.45, 7) is -1.00. The first kappa shape index (κ1) is 17.6. The SMILES string of the molecule is O=S(=O)(O)OC[C@H]1O[C@H](O)[C@@H](O)[C@@H](OS(=O)(=O)O)[C@@H]1O. The molecule has 1 heterocycles. The molecule has 20 heavy (non-hydrogen) atoms. The zero-order valence-corrected chi connectivity index (χ0v) is 11.1. The van der Waals surface area contributed by atoms with Crippen molar-refractivity contribution in [2.45, 2.75) is 30.7 Å². The van der Waals surface area contributed by atoms with Gasteiger partial charge in [0.15, 0.2) is 6.29 Å². The fourth-order valence-corrected chi connectivity index (χ4v) is 2.28. The van der Waals surface area contributed by atoms with Crippen molar-refractivity contribution in [1.29, 1.82) is 0 Å². The third-order valence-corrected chi connectivity index (χ3v) is 3.17. The molecule has 5 atom stereocenters. The van der Waals surface area contributed by atoms with Gasteiger partial charge in [-0.25, -0.2) is 8.37 Å². The molecule has 1 aliphatic rings. The molecule has 0 aliphatic carbocycles. The summed E-state index contributed by atoms with van der Waals surface area (Å²) in [5.74, 6) is 0. The quantitative estimate of drug-likeness (QED) is 0.309. The van der Waals surface area contributed by atoms with Crippen LogP contribution in [0.4, 0.5) is 0 Å². The van der Waals surface area contributed by atoms with Gasteiger partial charge in [-0.05, 0) is 0 Å². The van der Waals surface area contributed by atoms with E-state index in [-0.39, 0.29) is 0 Å². The monoisotopic (exact) mass is 340 g/mol. The van der Waals surface area contributed by atoms with E-state index in [0.717, 1.165) is 0 Å². The largest absolute Gasteiger partial charge is 0.397 e. The Labute approximate surface area is 113 Å². The number of ether oxygens (including phenoxy) is 1. The van der Waals surface area contributed by atoms with Gasteiger partial charge in [0.05, 0.1) is 6.61 Å². The Bertz CT molecular complexity index is 524. The fraction of sp³-hybridized carbons (Fsp3) is 1.00. The van der Waals surface area contributed by atoms with Crippen molar-refractivity contribution >= 4 is 20.8 Å². The molecule has 1 fully saturated rings. The summed E-state index contributed by atoms with van der Waals surface area (Å²) in [5, 5.41) is 28.3. The van der Waals surface area contributed by atoms with E-state index in [1.807, 2.05) is 0 Å². The molecule has 14 heteroatoms. The van der Waals surface area contributed by atoms with Gasteiger partial charge in [0, 0.05) is 0 Å². The lowest BCUT2D eigenvalue weighted by molar-refractivity contribution is -0.280. The van der Waals surface area contributed by atoms with Gasteiger partial charge in [-0.2, -0.15) is 16.8 Å². The molecule has 0 aromatic carbocycles. The third kappa shape index (κ3) is 5.17. The van der Waals surface area contributed by atoms with Crippen LogP contribution in [-0.2, 0) is 33.9 Å². The first-order valence-corrected chi connectivity index (χ1v) is 7.61. The number of rotatable bonds is 5. The minimum absolute atomic E-state index is 1.00. The first-order chi connectivity index (χ1) is 8.91. The number of aliphatic hydroxyl groups excluding tert-OH is 3. The molecule has 0 aromatic rings. The fourth-order valence-electron chi connectivity index (χ4n) is 1.46. The second-order valence-electron chi connectivity index (χ2n) is 3.75. The Morgan fingerprint density at radius 1 is 0.950 bits per heavy atom. The summed E-state index contributed by atoms with van der Waals surface area (Å²) in [6, 6.07) is 0. The van der Waals surface area contributed by atoms with Crippen molar-refractivity contribution in [3.05, 3.63) is 0 Å². The molecule has 0 amide bonds. The summed E-state index contributed by atoms with van der Waals surface area (Å²) in [5.41, 5.74) is 0. The van der Waals surface area contributed by atoms with Crippen molar-refractivity contribution in [3.8, 4) is 0 Å². The zero-order chi connectivity index (χ0) is 15.7. The lowest BCUT2D eigenvalue weighted by atomic mass is 9.99. The molecule has 1 saturated heterocycles. The lowest BCUT2D eigenvalue weighted by Crippen LogP contribution is -2.60. The molecular weight excluding hydrogens is 328 g/mol. The van der Waals surface area contributed by atoms with Crippen LogP contribution < -0.4 is 0 Å². The number of hydrogen-bond acceptors (Lipinski definition) is 10. The molecule has 1 rings (SSSR count). The van der Waals surface area contributed by atoms with Crippen LogP contribution >= 0.6 is 0 Å². The van der Waals surface area contributed by atoms with Gasteiger partial charge in [0.2, 0.25) is 0 Å². The smallest absolute Gasteiger partial charge is 0.387 e. The van der Waals surface area contributed by atoms with E-state index in [0.29, 0.717) is 0 Å². The molecule has 0 radical (unpaired) electrons. The van der Waals surface area contributed by atoms with Crippen molar-refractivity contribution < 1.29 is 54.4 Å². The van der Waals surface area contributed by atoms with E-state index in [1.54, 1.807) is 0 Å². The number of aliphatic hydroxyl groups is 3. The van der Waals surface area contributed by atoms with Crippen LogP contribution in [0.25, 0.3) is 0 Å². The Kier molecular flexibility index (Phi) is 5.41. The van der Waals surface area contributed by atoms with Crippen molar-refractivity contribution in [2.24, 2.45) is 0 Å². The number of hydrogen-bond donors (Lipinski definition) is 5. The van der Waals surface area contributed by atoms with Gasteiger partial charge in [-0.3, -0.25) is 9.11 Å². The van der Waals surface area contributed by atoms with E-state index >= 15 is 0 Å². The van der Waals surface area contributed by atoms with E-state index in [4.69, 9.17) is 9.11 Å². The van der Waals surface area contributed by atoms with Gasteiger partial charge >= 0.3 is 20.8 Å². The molecule has 0 aromatic heterocycles. The summed E-state index contributed by atoms with van der Waals surface area (Å²) >= 11 is 0. The highest BCUT2D eigenvalue weighted by atomic mass is 32.3. The van der Waals surface area contributed by atoms with E-state index < -0.39 is 58.1 Å². The van der Waals surface area contributed by atoms with Crippen LogP contribution in [0.2, 0.25) is 0 Å². The van der Waals surface area contributed by atoms with Crippen molar-refractivity contribution in [3.63, 3.8) is 0 Å². The van der Waals surface area contributed by atoms with Gasteiger partial charge in [-0.15, -0.1) is 0 Å². The maximum absolute atomic E-state index is 10.5. The normalized spacial score (nSPS) is 36.0. The summed E-state index contributed by atoms with van der Waals surface area (Å²) in [6.07, 6.45) is -9.79. The van der Waals surface area contributed by atoms with Crippen LogP contribution in [0.5, 0.6) is 0 Å². The molecule has 1 aliphatic heterocycles. The first-order valence-electron chi connectivity index (χ1n) is 4.88. The summed E-state index contributed by atoms with van der Waals surface area (Å²) in [4.78, 5) is 0. The Morgan fingerprint density at radius 3 is 1.95 bits per heavy atom. The molecule has 120 valence electrons. The molecule has 0 saturated carbocycles. The standard InChI is InChI=1S/C6H12O12S2/c7-3-2(1-16-19(10,11)12)17-6(9)4(8)5(3)18-20(13,14)15/h2-9H,1H2,(H,10,11,12)(H,13,14,15)/t2-,3-,4+,5+,6+/m1/s1. The highest BCUT2D eigenvalue weighted by Gasteiger charge is 2.47.